The zero-order chi connectivity index (χ0) is 12.4. The molecule has 0 radical (unpaired) electrons. The first-order valence-electron chi connectivity index (χ1n) is 5.76. The van der Waals surface area contributed by atoms with Gasteiger partial charge in [0, 0.05) is 30.5 Å². The Morgan fingerprint density at radius 2 is 2.47 bits per heavy atom. The molecule has 0 aromatic carbocycles. The largest absolute Gasteiger partial charge is 0.396 e. The van der Waals surface area contributed by atoms with E-state index in [0.717, 1.165) is 21.6 Å². The second kappa shape index (κ2) is 5.50. The summed E-state index contributed by atoms with van der Waals surface area (Å²) in [6.07, 6.45) is 0.920. The predicted molar refractivity (Wildman–Crippen MR) is 72.2 cm³/mol. The molecule has 1 N–H and O–H groups in total. The minimum atomic E-state index is -0.0799. The number of likely N-dealkylation sites (tertiary alicyclic amines) is 1. The maximum atomic E-state index is 12.3. The maximum absolute atomic E-state index is 12.3. The van der Waals surface area contributed by atoms with Crippen molar-refractivity contribution in [3.63, 3.8) is 0 Å². The van der Waals surface area contributed by atoms with Crippen LogP contribution in [0, 0.1) is 5.92 Å². The normalized spacial score (nSPS) is 21.8. The lowest BCUT2D eigenvalue weighted by Gasteiger charge is -2.20. The number of thiophene rings is 1. The van der Waals surface area contributed by atoms with E-state index in [-0.39, 0.29) is 24.3 Å². The van der Waals surface area contributed by atoms with Gasteiger partial charge < -0.3 is 10.0 Å². The van der Waals surface area contributed by atoms with Crippen LogP contribution in [0.5, 0.6) is 0 Å². The number of aliphatic hydroxyl groups excluding tert-OH is 1. The number of hydrogen-bond donors (Lipinski definition) is 1. The molecule has 1 saturated heterocycles. The smallest absolute Gasteiger partial charge is 0.230 e. The Balaban J connectivity index is 2.00. The van der Waals surface area contributed by atoms with Gasteiger partial charge in [-0.2, -0.15) is 0 Å². The molecule has 2 rings (SSSR count). The summed E-state index contributed by atoms with van der Waals surface area (Å²) in [4.78, 5) is 15.2. The van der Waals surface area contributed by atoms with Gasteiger partial charge in [0.2, 0.25) is 5.91 Å². The molecular weight excluding hydrogens is 302 g/mol. The molecule has 1 aliphatic rings. The molecule has 1 aliphatic heterocycles. The Labute approximate surface area is 114 Å². The van der Waals surface area contributed by atoms with Crippen molar-refractivity contribution in [2.75, 3.05) is 19.7 Å². The summed E-state index contributed by atoms with van der Waals surface area (Å²) in [5.74, 6) is 0.361. The van der Waals surface area contributed by atoms with Gasteiger partial charge in [-0.25, -0.2) is 0 Å². The third-order valence-electron chi connectivity index (χ3n) is 3.25. The fourth-order valence-electron chi connectivity index (χ4n) is 2.14. The van der Waals surface area contributed by atoms with Gasteiger partial charge in [0.1, 0.15) is 0 Å². The van der Waals surface area contributed by atoms with Crippen molar-refractivity contribution in [1.82, 2.24) is 4.90 Å². The van der Waals surface area contributed by atoms with Crippen LogP contribution >= 0.6 is 27.3 Å². The Morgan fingerprint density at radius 1 is 1.71 bits per heavy atom. The number of carbonyl (C=O) groups excluding carboxylic acids is 1. The lowest BCUT2D eigenvalue weighted by Crippen LogP contribution is -2.32. The van der Waals surface area contributed by atoms with E-state index in [2.05, 4.69) is 15.9 Å². The number of carbonyl (C=O) groups is 1. The van der Waals surface area contributed by atoms with Crippen molar-refractivity contribution in [3.8, 4) is 0 Å². The molecule has 17 heavy (non-hydrogen) atoms. The molecule has 1 amide bonds. The predicted octanol–water partition coefficient (Wildman–Crippen LogP) is 2.45. The molecular formula is C12H16BrNO2S. The van der Waals surface area contributed by atoms with E-state index in [9.17, 15) is 4.79 Å². The number of nitrogens with zero attached hydrogens (tertiary/aromatic N) is 1. The summed E-state index contributed by atoms with van der Waals surface area (Å²) in [5, 5.41) is 9.08. The molecule has 2 heterocycles. The molecule has 2 unspecified atom stereocenters. The van der Waals surface area contributed by atoms with E-state index < -0.39 is 0 Å². The molecule has 5 heteroatoms. The van der Waals surface area contributed by atoms with Gasteiger partial charge >= 0.3 is 0 Å². The minimum absolute atomic E-state index is 0.0799. The zero-order valence-electron chi connectivity index (χ0n) is 9.73. The molecule has 2 atom stereocenters. The molecule has 1 fully saturated rings. The lowest BCUT2D eigenvalue weighted by molar-refractivity contribution is -0.131. The summed E-state index contributed by atoms with van der Waals surface area (Å²) in [7, 11) is 0. The van der Waals surface area contributed by atoms with Crippen LogP contribution in [0.1, 0.15) is 24.1 Å². The third kappa shape index (κ3) is 2.89. The number of aliphatic hydroxyl groups is 1. The van der Waals surface area contributed by atoms with Crippen molar-refractivity contribution in [2.45, 2.75) is 19.3 Å². The maximum Gasteiger partial charge on any atom is 0.230 e. The number of halogens is 1. The van der Waals surface area contributed by atoms with E-state index >= 15 is 0 Å². The molecule has 0 saturated carbocycles. The highest BCUT2D eigenvalue weighted by atomic mass is 79.9. The second-order valence-electron chi connectivity index (χ2n) is 4.49. The second-order valence-corrected chi connectivity index (χ2v) is 6.98. The molecule has 94 valence electrons. The summed E-state index contributed by atoms with van der Waals surface area (Å²) in [6, 6.07) is 3.97. The summed E-state index contributed by atoms with van der Waals surface area (Å²) in [5.41, 5.74) is 0. The minimum Gasteiger partial charge on any atom is -0.396 e. The van der Waals surface area contributed by atoms with E-state index in [4.69, 9.17) is 5.11 Å². The van der Waals surface area contributed by atoms with E-state index in [1.165, 1.54) is 0 Å². The molecule has 0 spiro atoms. The Hall–Kier alpha value is -0.390. The number of rotatable bonds is 3. The number of hydrogen-bond acceptors (Lipinski definition) is 3. The van der Waals surface area contributed by atoms with Crippen LogP contribution in [0.4, 0.5) is 0 Å². The lowest BCUT2D eigenvalue weighted by atomic mass is 10.1. The van der Waals surface area contributed by atoms with Crippen LogP contribution in [0.15, 0.2) is 15.9 Å². The molecule has 3 nitrogen and oxygen atoms in total. The number of amides is 1. The van der Waals surface area contributed by atoms with Gasteiger partial charge in [-0.05, 0) is 41.4 Å². The first kappa shape index (κ1) is 13.1. The summed E-state index contributed by atoms with van der Waals surface area (Å²) < 4.78 is 1.06. The average molecular weight is 318 g/mol. The highest BCUT2D eigenvalue weighted by molar-refractivity contribution is 9.11. The Kier molecular flexibility index (Phi) is 4.22. The van der Waals surface area contributed by atoms with Gasteiger partial charge in [0.25, 0.3) is 0 Å². The fourth-order valence-corrected chi connectivity index (χ4v) is 3.61. The van der Waals surface area contributed by atoms with E-state index in [1.807, 2.05) is 24.0 Å². The first-order valence-corrected chi connectivity index (χ1v) is 7.37. The van der Waals surface area contributed by atoms with Crippen LogP contribution in [0.25, 0.3) is 0 Å². The topological polar surface area (TPSA) is 40.5 Å². The van der Waals surface area contributed by atoms with Gasteiger partial charge in [-0.15, -0.1) is 11.3 Å². The first-order chi connectivity index (χ1) is 8.11. The standard InChI is InChI=1S/C12H16BrNO2S/c1-8(10-2-3-11(13)17-10)12(16)14-5-4-9(6-14)7-15/h2-3,8-9,15H,4-7H2,1H3. The average Bonchev–Trinajstić information content (AvgIpc) is 2.95. The highest BCUT2D eigenvalue weighted by Crippen LogP contribution is 2.30. The molecule has 1 aromatic heterocycles. The quantitative estimate of drug-likeness (QED) is 0.930. The van der Waals surface area contributed by atoms with E-state index in [1.54, 1.807) is 11.3 Å². The van der Waals surface area contributed by atoms with Crippen LogP contribution in [0.3, 0.4) is 0 Å². The van der Waals surface area contributed by atoms with Gasteiger partial charge in [-0.3, -0.25) is 4.79 Å². The van der Waals surface area contributed by atoms with Crippen molar-refractivity contribution in [2.24, 2.45) is 5.92 Å². The summed E-state index contributed by atoms with van der Waals surface area (Å²) >= 11 is 5.02. The van der Waals surface area contributed by atoms with Gasteiger partial charge in [-0.1, -0.05) is 0 Å². The van der Waals surface area contributed by atoms with E-state index in [0.29, 0.717) is 6.54 Å². The Morgan fingerprint density at radius 3 is 3.00 bits per heavy atom. The van der Waals surface area contributed by atoms with Crippen LogP contribution in [-0.4, -0.2) is 35.6 Å². The SMILES string of the molecule is CC(C(=O)N1CCC(CO)C1)c1ccc(Br)s1. The van der Waals surface area contributed by atoms with Crippen molar-refractivity contribution >= 4 is 33.2 Å². The summed E-state index contributed by atoms with van der Waals surface area (Å²) in [6.45, 7) is 3.61. The van der Waals surface area contributed by atoms with Crippen LogP contribution < -0.4 is 0 Å². The van der Waals surface area contributed by atoms with Crippen LogP contribution in [0.2, 0.25) is 0 Å². The molecule has 0 bridgehead atoms. The Bertz CT molecular complexity index is 407. The van der Waals surface area contributed by atoms with Crippen LogP contribution in [-0.2, 0) is 4.79 Å². The third-order valence-corrected chi connectivity index (χ3v) is 5.05. The van der Waals surface area contributed by atoms with Crippen molar-refractivity contribution in [3.05, 3.63) is 20.8 Å². The van der Waals surface area contributed by atoms with Gasteiger partial charge in [0.05, 0.1) is 9.70 Å². The molecule has 0 aliphatic carbocycles. The fraction of sp³-hybridized carbons (Fsp3) is 0.583. The monoisotopic (exact) mass is 317 g/mol. The van der Waals surface area contributed by atoms with Gasteiger partial charge in [0.15, 0.2) is 0 Å². The highest BCUT2D eigenvalue weighted by Gasteiger charge is 2.29. The zero-order valence-corrected chi connectivity index (χ0v) is 12.1. The van der Waals surface area contributed by atoms with Crippen molar-refractivity contribution < 1.29 is 9.90 Å². The molecule has 1 aromatic rings. The van der Waals surface area contributed by atoms with Crippen molar-refractivity contribution in [1.29, 1.82) is 0 Å².